The Hall–Kier alpha value is -1.65. The number of carboxylic acids is 1. The SMILES string of the molecule is CC/C=C/C[C@@H]1C(=O)CC[C@@H]1CC(=O)N[C@@H](C)C(=O)O. The highest BCUT2D eigenvalue weighted by molar-refractivity contribution is 5.86. The van der Waals surface area contributed by atoms with Gasteiger partial charge in [-0.05, 0) is 32.1 Å². The van der Waals surface area contributed by atoms with Crippen LogP contribution in [0.5, 0.6) is 0 Å². The van der Waals surface area contributed by atoms with Gasteiger partial charge in [-0.3, -0.25) is 14.4 Å². The molecular formula is C15H23NO4. The average molecular weight is 281 g/mol. The average Bonchev–Trinajstić information content (AvgIpc) is 2.71. The molecule has 0 heterocycles. The summed E-state index contributed by atoms with van der Waals surface area (Å²) < 4.78 is 0. The van der Waals surface area contributed by atoms with Crippen LogP contribution in [0.15, 0.2) is 12.2 Å². The molecule has 0 spiro atoms. The number of aliphatic carboxylic acids is 1. The lowest BCUT2D eigenvalue weighted by molar-refractivity contribution is -0.141. The number of ketones is 1. The summed E-state index contributed by atoms with van der Waals surface area (Å²) in [5, 5.41) is 11.2. The molecule has 1 saturated carbocycles. The summed E-state index contributed by atoms with van der Waals surface area (Å²) in [7, 11) is 0. The number of amides is 1. The van der Waals surface area contributed by atoms with Crippen LogP contribution in [-0.4, -0.2) is 28.8 Å². The van der Waals surface area contributed by atoms with Crippen LogP contribution in [0.4, 0.5) is 0 Å². The van der Waals surface area contributed by atoms with Crippen molar-refractivity contribution >= 4 is 17.7 Å². The van der Waals surface area contributed by atoms with Gasteiger partial charge in [0.2, 0.25) is 5.91 Å². The molecule has 1 amide bonds. The van der Waals surface area contributed by atoms with E-state index in [0.717, 1.165) is 12.8 Å². The second-order valence-electron chi connectivity index (χ2n) is 5.32. The normalized spacial score (nSPS) is 24.0. The Kier molecular flexibility index (Phi) is 6.42. The Morgan fingerprint density at radius 1 is 1.45 bits per heavy atom. The second kappa shape index (κ2) is 7.82. The molecule has 0 saturated heterocycles. The van der Waals surface area contributed by atoms with Gasteiger partial charge in [0.1, 0.15) is 11.8 Å². The number of Topliss-reactive ketones (excluding diaryl/α,β-unsaturated/α-hetero) is 1. The van der Waals surface area contributed by atoms with E-state index >= 15 is 0 Å². The lowest BCUT2D eigenvalue weighted by Crippen LogP contribution is -2.39. The molecule has 1 fully saturated rings. The largest absolute Gasteiger partial charge is 0.480 e. The van der Waals surface area contributed by atoms with Gasteiger partial charge in [-0.2, -0.15) is 0 Å². The first-order valence-corrected chi connectivity index (χ1v) is 7.15. The highest BCUT2D eigenvalue weighted by Crippen LogP contribution is 2.34. The number of carbonyl (C=O) groups excluding carboxylic acids is 2. The van der Waals surface area contributed by atoms with E-state index in [1.54, 1.807) is 0 Å². The summed E-state index contributed by atoms with van der Waals surface area (Å²) >= 11 is 0. The molecule has 20 heavy (non-hydrogen) atoms. The first-order chi connectivity index (χ1) is 9.45. The molecule has 0 radical (unpaired) electrons. The predicted molar refractivity (Wildman–Crippen MR) is 75.1 cm³/mol. The highest BCUT2D eigenvalue weighted by Gasteiger charge is 2.35. The number of carboxylic acid groups (broad SMARTS) is 1. The minimum absolute atomic E-state index is 0.0324. The van der Waals surface area contributed by atoms with Crippen molar-refractivity contribution in [1.29, 1.82) is 0 Å². The van der Waals surface area contributed by atoms with Gasteiger partial charge in [-0.1, -0.05) is 19.1 Å². The van der Waals surface area contributed by atoms with Crippen molar-refractivity contribution in [3.8, 4) is 0 Å². The fraction of sp³-hybridized carbons (Fsp3) is 0.667. The molecule has 0 unspecified atom stereocenters. The molecule has 2 N–H and O–H groups in total. The van der Waals surface area contributed by atoms with Crippen LogP contribution in [0.25, 0.3) is 0 Å². The monoisotopic (exact) mass is 281 g/mol. The molecule has 3 atom stereocenters. The van der Waals surface area contributed by atoms with Gasteiger partial charge < -0.3 is 10.4 Å². The number of hydrogen-bond donors (Lipinski definition) is 2. The third kappa shape index (κ3) is 4.79. The van der Waals surface area contributed by atoms with Gasteiger partial charge in [-0.15, -0.1) is 0 Å². The van der Waals surface area contributed by atoms with E-state index in [-0.39, 0.29) is 29.9 Å². The van der Waals surface area contributed by atoms with E-state index in [1.807, 2.05) is 19.1 Å². The zero-order valence-corrected chi connectivity index (χ0v) is 12.1. The summed E-state index contributed by atoms with van der Waals surface area (Å²) in [5.74, 6) is -1.18. The predicted octanol–water partition coefficient (Wildman–Crippen LogP) is 1.92. The fourth-order valence-electron chi connectivity index (χ4n) is 2.56. The fourth-order valence-corrected chi connectivity index (χ4v) is 2.56. The molecule has 0 aliphatic heterocycles. The third-order valence-corrected chi connectivity index (χ3v) is 3.73. The van der Waals surface area contributed by atoms with Crippen LogP contribution >= 0.6 is 0 Å². The lowest BCUT2D eigenvalue weighted by atomic mass is 9.89. The van der Waals surface area contributed by atoms with Crippen molar-refractivity contribution in [3.63, 3.8) is 0 Å². The Bertz CT molecular complexity index is 403. The van der Waals surface area contributed by atoms with Crippen molar-refractivity contribution in [1.82, 2.24) is 5.32 Å². The highest BCUT2D eigenvalue weighted by atomic mass is 16.4. The van der Waals surface area contributed by atoms with E-state index < -0.39 is 12.0 Å². The number of allylic oxidation sites excluding steroid dienone is 2. The molecular weight excluding hydrogens is 258 g/mol. The maximum atomic E-state index is 11.8. The Morgan fingerprint density at radius 2 is 2.15 bits per heavy atom. The van der Waals surface area contributed by atoms with Crippen LogP contribution in [-0.2, 0) is 14.4 Å². The molecule has 0 aromatic rings. The smallest absolute Gasteiger partial charge is 0.325 e. The summed E-state index contributed by atoms with van der Waals surface area (Å²) in [4.78, 5) is 34.3. The van der Waals surface area contributed by atoms with E-state index in [4.69, 9.17) is 5.11 Å². The van der Waals surface area contributed by atoms with Gasteiger partial charge in [0, 0.05) is 18.8 Å². The van der Waals surface area contributed by atoms with Crippen molar-refractivity contribution < 1.29 is 19.5 Å². The third-order valence-electron chi connectivity index (χ3n) is 3.73. The number of hydrogen-bond acceptors (Lipinski definition) is 3. The number of carbonyl (C=O) groups is 3. The molecule has 1 aliphatic carbocycles. The minimum Gasteiger partial charge on any atom is -0.480 e. The minimum atomic E-state index is -1.05. The van der Waals surface area contributed by atoms with E-state index in [1.165, 1.54) is 6.92 Å². The number of rotatable bonds is 7. The maximum absolute atomic E-state index is 11.8. The van der Waals surface area contributed by atoms with Crippen LogP contribution in [0.2, 0.25) is 0 Å². The van der Waals surface area contributed by atoms with Gasteiger partial charge in [-0.25, -0.2) is 0 Å². The Balaban J connectivity index is 2.52. The van der Waals surface area contributed by atoms with Crippen molar-refractivity contribution in [2.24, 2.45) is 11.8 Å². The van der Waals surface area contributed by atoms with Crippen molar-refractivity contribution in [2.75, 3.05) is 0 Å². The molecule has 112 valence electrons. The molecule has 0 aromatic carbocycles. The summed E-state index contributed by atoms with van der Waals surface area (Å²) in [6, 6.07) is -0.891. The van der Waals surface area contributed by atoms with Gasteiger partial charge >= 0.3 is 5.97 Å². The molecule has 0 aromatic heterocycles. The zero-order valence-electron chi connectivity index (χ0n) is 12.1. The first kappa shape index (κ1) is 16.4. The summed E-state index contributed by atoms with van der Waals surface area (Å²) in [6.45, 7) is 3.46. The van der Waals surface area contributed by atoms with E-state index in [2.05, 4.69) is 5.32 Å². The second-order valence-corrected chi connectivity index (χ2v) is 5.32. The topological polar surface area (TPSA) is 83.5 Å². The molecule has 1 rings (SSSR count). The van der Waals surface area contributed by atoms with Gasteiger partial charge in [0.25, 0.3) is 0 Å². The maximum Gasteiger partial charge on any atom is 0.325 e. The standard InChI is InChI=1S/C15H23NO4/c1-3-4-5-6-12-11(7-8-13(12)17)9-14(18)16-10(2)15(19)20/h4-5,10-12H,3,6-9H2,1-2H3,(H,16,18)(H,19,20)/b5-4+/t10-,11+,12-/m0/s1. The van der Waals surface area contributed by atoms with E-state index in [0.29, 0.717) is 12.8 Å². The summed E-state index contributed by atoms with van der Waals surface area (Å²) in [6.07, 6.45) is 7.11. The van der Waals surface area contributed by atoms with Crippen LogP contribution in [0, 0.1) is 11.8 Å². The zero-order chi connectivity index (χ0) is 15.1. The lowest BCUT2D eigenvalue weighted by Gasteiger charge is -2.17. The van der Waals surface area contributed by atoms with Gasteiger partial charge in [0.05, 0.1) is 0 Å². The first-order valence-electron chi connectivity index (χ1n) is 7.15. The van der Waals surface area contributed by atoms with Crippen LogP contribution in [0.1, 0.15) is 46.0 Å². The Labute approximate surface area is 119 Å². The van der Waals surface area contributed by atoms with E-state index in [9.17, 15) is 14.4 Å². The van der Waals surface area contributed by atoms with Crippen LogP contribution < -0.4 is 5.32 Å². The molecule has 5 nitrogen and oxygen atoms in total. The molecule has 1 aliphatic rings. The summed E-state index contributed by atoms with van der Waals surface area (Å²) in [5.41, 5.74) is 0. The van der Waals surface area contributed by atoms with Crippen molar-refractivity contribution in [3.05, 3.63) is 12.2 Å². The molecule has 5 heteroatoms. The molecule has 0 bridgehead atoms. The van der Waals surface area contributed by atoms with Crippen LogP contribution in [0.3, 0.4) is 0 Å². The van der Waals surface area contributed by atoms with Crippen molar-refractivity contribution in [2.45, 2.75) is 52.0 Å². The quantitative estimate of drug-likeness (QED) is 0.698. The Morgan fingerprint density at radius 3 is 2.75 bits per heavy atom. The number of nitrogens with one attached hydrogen (secondary N) is 1. The van der Waals surface area contributed by atoms with Gasteiger partial charge in [0.15, 0.2) is 0 Å².